The van der Waals surface area contributed by atoms with Crippen LogP contribution >= 0.6 is 0 Å². The highest BCUT2D eigenvalue weighted by atomic mass is 19.1. The number of benzene rings is 2. The van der Waals surface area contributed by atoms with Crippen molar-refractivity contribution in [1.29, 1.82) is 0 Å². The van der Waals surface area contributed by atoms with Gasteiger partial charge in [0.2, 0.25) is 0 Å². The minimum Gasteiger partial charge on any atom is -0.496 e. The number of urea groups is 1. The molecule has 1 aliphatic heterocycles. The predicted octanol–water partition coefficient (Wildman–Crippen LogP) is 5.51. The molecule has 5 aliphatic rings. The summed E-state index contributed by atoms with van der Waals surface area (Å²) in [6.45, 7) is 0.792. The number of carbonyl (C=O) groups excluding carboxylic acids is 1. The molecule has 1 atom stereocenters. The highest BCUT2D eigenvalue weighted by Gasteiger charge is 2.52. The molecule has 1 heterocycles. The standard InChI is InChI=1S/C29H34FN3O3/c1-35-27-5-3-2-4-25(27)26-13-24(36-32-26)18-33(17-19-6-8-23(30)9-7-19)28(34)31-29-14-20-10-21(15-29)12-22(11-20)16-29/h2-9,20-22,24H,10-18H2,1H3,(H,31,34). The van der Waals surface area contributed by atoms with Crippen LogP contribution in [0.4, 0.5) is 9.18 Å². The van der Waals surface area contributed by atoms with Crippen LogP contribution in [0.1, 0.15) is 56.1 Å². The molecular weight excluding hydrogens is 457 g/mol. The van der Waals surface area contributed by atoms with Crippen molar-refractivity contribution in [3.8, 4) is 5.75 Å². The van der Waals surface area contributed by atoms with E-state index in [4.69, 9.17) is 9.57 Å². The lowest BCUT2D eigenvalue weighted by molar-refractivity contribution is -0.0172. The van der Waals surface area contributed by atoms with E-state index in [1.54, 1.807) is 19.2 Å². The summed E-state index contributed by atoms with van der Waals surface area (Å²) in [5.41, 5.74) is 2.54. The average molecular weight is 492 g/mol. The Morgan fingerprint density at radius 3 is 2.42 bits per heavy atom. The molecule has 4 saturated carbocycles. The Kier molecular flexibility index (Phi) is 6.10. The topological polar surface area (TPSA) is 63.2 Å². The second-order valence-electron chi connectivity index (χ2n) is 11.3. The summed E-state index contributed by atoms with van der Waals surface area (Å²) < 4.78 is 19.0. The third kappa shape index (κ3) is 4.67. The van der Waals surface area contributed by atoms with Crippen LogP contribution in [0.5, 0.6) is 5.75 Å². The van der Waals surface area contributed by atoms with Gasteiger partial charge >= 0.3 is 6.03 Å². The molecule has 4 bridgehead atoms. The zero-order valence-corrected chi connectivity index (χ0v) is 20.8. The maximum absolute atomic E-state index is 13.8. The van der Waals surface area contributed by atoms with Crippen molar-refractivity contribution in [2.75, 3.05) is 13.7 Å². The molecule has 7 rings (SSSR count). The third-order valence-electron chi connectivity index (χ3n) is 8.56. The third-order valence-corrected chi connectivity index (χ3v) is 8.56. The van der Waals surface area contributed by atoms with Crippen LogP contribution in [-0.2, 0) is 11.4 Å². The van der Waals surface area contributed by atoms with Crippen molar-refractivity contribution in [2.45, 2.75) is 63.1 Å². The first-order chi connectivity index (χ1) is 17.5. The van der Waals surface area contributed by atoms with E-state index in [-0.39, 0.29) is 23.5 Å². The van der Waals surface area contributed by atoms with E-state index < -0.39 is 0 Å². The van der Waals surface area contributed by atoms with Crippen molar-refractivity contribution in [1.82, 2.24) is 10.2 Å². The summed E-state index contributed by atoms with van der Waals surface area (Å²) in [6, 6.07) is 14.1. The normalized spacial score (nSPS) is 30.0. The van der Waals surface area contributed by atoms with Crippen LogP contribution in [0.2, 0.25) is 0 Å². The van der Waals surface area contributed by atoms with Crippen LogP contribution in [0.25, 0.3) is 0 Å². The summed E-state index contributed by atoms with van der Waals surface area (Å²) in [4.78, 5) is 21.4. The lowest BCUT2D eigenvalue weighted by Gasteiger charge is -2.57. The number of amides is 2. The Morgan fingerprint density at radius 2 is 1.75 bits per heavy atom. The lowest BCUT2D eigenvalue weighted by atomic mass is 9.53. The maximum Gasteiger partial charge on any atom is 0.318 e. The van der Waals surface area contributed by atoms with Crippen LogP contribution in [0.15, 0.2) is 53.7 Å². The zero-order valence-electron chi connectivity index (χ0n) is 20.8. The van der Waals surface area contributed by atoms with Gasteiger partial charge in [0.1, 0.15) is 11.6 Å². The SMILES string of the molecule is COc1ccccc1C1=NOC(CN(Cc2ccc(F)cc2)C(=O)NC23CC4CC(CC(C4)C2)C3)C1. The number of nitrogens with zero attached hydrogens (tertiary/aromatic N) is 2. The molecule has 0 aromatic heterocycles. The van der Waals surface area contributed by atoms with Gasteiger partial charge < -0.3 is 19.8 Å². The van der Waals surface area contributed by atoms with E-state index in [2.05, 4.69) is 10.5 Å². The fraction of sp³-hybridized carbons (Fsp3) is 0.517. The Balaban J connectivity index is 1.18. The Labute approximate surface area is 211 Å². The van der Waals surface area contributed by atoms with Crippen LogP contribution < -0.4 is 10.1 Å². The first-order valence-corrected chi connectivity index (χ1v) is 13.2. The molecule has 4 aliphatic carbocycles. The van der Waals surface area contributed by atoms with Crippen molar-refractivity contribution < 1.29 is 18.8 Å². The molecule has 36 heavy (non-hydrogen) atoms. The Morgan fingerprint density at radius 1 is 1.08 bits per heavy atom. The van der Waals surface area contributed by atoms with Gasteiger partial charge in [-0.15, -0.1) is 0 Å². The molecule has 0 saturated heterocycles. The minimum atomic E-state index is -0.280. The number of para-hydroxylation sites is 1. The molecule has 2 amide bonds. The highest BCUT2D eigenvalue weighted by Crippen LogP contribution is 2.55. The van der Waals surface area contributed by atoms with Crippen LogP contribution in [-0.4, -0.2) is 41.9 Å². The molecule has 1 N–H and O–H groups in total. The molecule has 7 heteroatoms. The number of methoxy groups -OCH3 is 1. The predicted molar refractivity (Wildman–Crippen MR) is 135 cm³/mol. The van der Waals surface area contributed by atoms with Gasteiger partial charge in [-0.05, 0) is 86.1 Å². The fourth-order valence-electron chi connectivity index (χ4n) is 7.41. The second-order valence-corrected chi connectivity index (χ2v) is 11.3. The Bertz CT molecular complexity index is 1110. The molecule has 0 radical (unpaired) electrons. The molecule has 2 aromatic rings. The number of hydrogen-bond donors (Lipinski definition) is 1. The van der Waals surface area contributed by atoms with Gasteiger partial charge in [-0.2, -0.15) is 0 Å². The number of carbonyl (C=O) groups is 1. The van der Waals surface area contributed by atoms with Gasteiger partial charge in [0.25, 0.3) is 0 Å². The highest BCUT2D eigenvalue weighted by molar-refractivity contribution is 6.03. The zero-order chi connectivity index (χ0) is 24.7. The molecule has 0 spiro atoms. The van der Waals surface area contributed by atoms with E-state index in [0.717, 1.165) is 59.6 Å². The van der Waals surface area contributed by atoms with Crippen molar-refractivity contribution in [3.63, 3.8) is 0 Å². The summed E-state index contributed by atoms with van der Waals surface area (Å²) in [7, 11) is 1.64. The van der Waals surface area contributed by atoms with Gasteiger partial charge in [0.15, 0.2) is 6.10 Å². The van der Waals surface area contributed by atoms with E-state index in [0.29, 0.717) is 19.5 Å². The number of nitrogens with one attached hydrogen (secondary N) is 1. The average Bonchev–Trinajstić information content (AvgIpc) is 3.32. The fourth-order valence-corrected chi connectivity index (χ4v) is 7.41. The summed E-state index contributed by atoms with van der Waals surface area (Å²) >= 11 is 0. The monoisotopic (exact) mass is 491 g/mol. The smallest absolute Gasteiger partial charge is 0.318 e. The molecular formula is C29H34FN3O3. The second kappa shape index (κ2) is 9.41. The molecule has 1 unspecified atom stereocenters. The largest absolute Gasteiger partial charge is 0.496 e. The summed E-state index contributed by atoms with van der Waals surface area (Å²) in [5.74, 6) is 2.71. The van der Waals surface area contributed by atoms with E-state index in [1.807, 2.05) is 29.2 Å². The number of halogens is 1. The molecule has 6 nitrogen and oxygen atoms in total. The molecule has 2 aromatic carbocycles. The van der Waals surface area contributed by atoms with E-state index in [9.17, 15) is 9.18 Å². The van der Waals surface area contributed by atoms with Gasteiger partial charge in [0.05, 0.1) is 19.4 Å². The number of rotatable bonds is 7. The van der Waals surface area contributed by atoms with E-state index in [1.165, 1.54) is 31.4 Å². The lowest BCUT2D eigenvalue weighted by Crippen LogP contribution is -2.62. The number of oxime groups is 1. The Hall–Kier alpha value is -3.09. The first kappa shape index (κ1) is 23.3. The van der Waals surface area contributed by atoms with E-state index >= 15 is 0 Å². The minimum absolute atomic E-state index is 0.0596. The van der Waals surface area contributed by atoms with Crippen LogP contribution in [0, 0.1) is 23.6 Å². The van der Waals surface area contributed by atoms with Gasteiger partial charge in [-0.1, -0.05) is 29.4 Å². The van der Waals surface area contributed by atoms with Crippen molar-refractivity contribution in [3.05, 3.63) is 65.5 Å². The van der Waals surface area contributed by atoms with Gasteiger partial charge in [-0.25, -0.2) is 9.18 Å². The molecule has 4 fully saturated rings. The summed E-state index contributed by atoms with van der Waals surface area (Å²) in [5, 5.41) is 7.83. The van der Waals surface area contributed by atoms with Crippen molar-refractivity contribution in [2.24, 2.45) is 22.9 Å². The number of hydrogen-bond acceptors (Lipinski definition) is 4. The summed E-state index contributed by atoms with van der Waals surface area (Å²) in [6.07, 6.45) is 7.59. The van der Waals surface area contributed by atoms with Gasteiger partial charge in [0, 0.05) is 24.1 Å². The quantitative estimate of drug-likeness (QED) is 0.556. The van der Waals surface area contributed by atoms with Crippen LogP contribution in [0.3, 0.4) is 0 Å². The molecule has 190 valence electrons. The first-order valence-electron chi connectivity index (χ1n) is 13.2. The number of ether oxygens (including phenoxy) is 1. The maximum atomic E-state index is 13.8. The van der Waals surface area contributed by atoms with Gasteiger partial charge in [-0.3, -0.25) is 0 Å². The van der Waals surface area contributed by atoms with Crippen molar-refractivity contribution >= 4 is 11.7 Å².